The molecule has 0 spiro atoms. The van der Waals surface area contributed by atoms with Gasteiger partial charge in [0.15, 0.2) is 0 Å². The molecule has 0 heterocycles. The Bertz CT molecular complexity index is 3.25. The Morgan fingerprint density at radius 2 is 0.500 bits per heavy atom. The van der Waals surface area contributed by atoms with Gasteiger partial charge in [-0.1, -0.05) is 0 Å². The standard InChI is InChI=1S/3Fe.Tb. The Kier molecular flexibility index (Phi) is 122. The van der Waals surface area contributed by atoms with Crippen molar-refractivity contribution in [2.24, 2.45) is 0 Å². The molecule has 0 fully saturated rings. The van der Waals surface area contributed by atoms with Gasteiger partial charge in [0, 0.05) is 89.8 Å². The van der Waals surface area contributed by atoms with Crippen molar-refractivity contribution in [2.45, 2.75) is 0 Å². The third-order valence-electron chi connectivity index (χ3n) is 0. The summed E-state index contributed by atoms with van der Waals surface area (Å²) in [5, 5.41) is 0. The van der Waals surface area contributed by atoms with E-state index < -0.39 is 0 Å². The van der Waals surface area contributed by atoms with E-state index in [1.165, 1.54) is 0 Å². The van der Waals surface area contributed by atoms with Crippen LogP contribution >= 0.6 is 0 Å². The summed E-state index contributed by atoms with van der Waals surface area (Å²) in [7, 11) is 0. The Morgan fingerprint density at radius 1 is 0.500 bits per heavy atom. The molecule has 0 atom stereocenters. The van der Waals surface area contributed by atoms with Gasteiger partial charge >= 0.3 is 0 Å². The minimum absolute atomic E-state index is 0. The molecule has 0 rings (SSSR count). The molecule has 0 aliphatic carbocycles. The Balaban J connectivity index is 0. The first-order chi connectivity index (χ1) is 0. The largest absolute Gasteiger partial charge is 0 e. The van der Waals surface area contributed by atoms with Crippen LogP contribution in [0.3, 0.4) is 0 Å². The maximum atomic E-state index is 0. The smallest absolute Gasteiger partial charge is 0 e. The van der Waals surface area contributed by atoms with Gasteiger partial charge in [0.25, 0.3) is 0 Å². The van der Waals surface area contributed by atoms with Crippen molar-refractivity contribution in [1.82, 2.24) is 0 Å². The van der Waals surface area contributed by atoms with Crippen LogP contribution in [0.25, 0.3) is 0 Å². The summed E-state index contributed by atoms with van der Waals surface area (Å²) in [6.07, 6.45) is 0. The zero-order valence-electron chi connectivity index (χ0n) is 1.39. The second-order valence-electron chi connectivity index (χ2n) is 0. The average molecular weight is 326 g/mol. The normalized spacial score (nSPS) is 0. The molecule has 33 valence electrons. The van der Waals surface area contributed by atoms with Gasteiger partial charge in [0.1, 0.15) is 0 Å². The summed E-state index contributed by atoms with van der Waals surface area (Å²) in [6, 6.07) is 0. The molecule has 0 aromatic carbocycles. The zero-order valence-corrected chi connectivity index (χ0v) is 6.85. The van der Waals surface area contributed by atoms with Crippen LogP contribution in [0.1, 0.15) is 0 Å². The molecule has 0 saturated carbocycles. The van der Waals surface area contributed by atoms with Gasteiger partial charge < -0.3 is 0 Å². The van der Waals surface area contributed by atoms with Crippen LogP contribution < -0.4 is 0 Å². The molecule has 1 radical (unpaired) electrons. The second kappa shape index (κ2) is 17.0. The van der Waals surface area contributed by atoms with Crippen LogP contribution in [0.5, 0.6) is 0 Å². The summed E-state index contributed by atoms with van der Waals surface area (Å²) in [5.41, 5.74) is 0. The number of rotatable bonds is 0. The van der Waals surface area contributed by atoms with Gasteiger partial charge in [-0.15, -0.1) is 0 Å². The van der Waals surface area contributed by atoms with E-state index in [9.17, 15) is 0 Å². The molecule has 4 heteroatoms. The van der Waals surface area contributed by atoms with Crippen molar-refractivity contribution in [2.75, 3.05) is 0 Å². The van der Waals surface area contributed by atoms with Crippen LogP contribution in [0.4, 0.5) is 0 Å². The Labute approximate surface area is 88.1 Å². The Hall–Kier alpha value is 2.84. The third kappa shape index (κ3) is 8.85. The molecule has 4 heavy (non-hydrogen) atoms. The number of hydrogen-bond donors (Lipinski definition) is 0. The minimum atomic E-state index is 0. The summed E-state index contributed by atoms with van der Waals surface area (Å²) in [5.74, 6) is 0. The van der Waals surface area contributed by atoms with Gasteiger partial charge in [-0.05, 0) is 0 Å². The first kappa shape index (κ1) is 28.9. The van der Waals surface area contributed by atoms with Crippen LogP contribution in [0.2, 0.25) is 0 Å². The molecule has 0 aliphatic heterocycles. The van der Waals surface area contributed by atoms with Crippen molar-refractivity contribution in [3.63, 3.8) is 0 Å². The fourth-order valence-electron chi connectivity index (χ4n) is 0. The van der Waals surface area contributed by atoms with E-state index in [0.29, 0.717) is 0 Å². The van der Waals surface area contributed by atoms with Crippen molar-refractivity contribution < 1.29 is 89.8 Å². The molecular formula is Fe3Tb. The molecule has 0 aromatic heterocycles. The maximum Gasteiger partial charge on any atom is 0 e. The summed E-state index contributed by atoms with van der Waals surface area (Å²) in [4.78, 5) is 0. The second-order valence-corrected chi connectivity index (χ2v) is 0. The quantitative estimate of drug-likeness (QED) is 0.550. The Morgan fingerprint density at radius 3 is 0.500 bits per heavy atom. The van der Waals surface area contributed by atoms with Gasteiger partial charge in [0.2, 0.25) is 0 Å². The van der Waals surface area contributed by atoms with Gasteiger partial charge in [0.05, 0.1) is 0 Å². The minimum Gasteiger partial charge on any atom is 0 e. The first-order valence-electron chi connectivity index (χ1n) is 0. The van der Waals surface area contributed by atoms with Crippen LogP contribution in [-0.2, 0) is 51.2 Å². The zero-order chi connectivity index (χ0) is 0. The first-order valence-corrected chi connectivity index (χ1v) is 0. The van der Waals surface area contributed by atoms with Crippen molar-refractivity contribution >= 4 is 0 Å². The molecule has 0 nitrogen and oxygen atoms in total. The number of hydrogen-bond acceptors (Lipinski definition) is 0. The van der Waals surface area contributed by atoms with E-state index in [2.05, 4.69) is 0 Å². The van der Waals surface area contributed by atoms with Gasteiger partial charge in [-0.25, -0.2) is 0 Å². The molecular weight excluding hydrogens is 326 g/mol. The average Bonchev–Trinajstić information content (AvgIpc) is 0. The van der Waals surface area contributed by atoms with E-state index in [4.69, 9.17) is 0 Å². The molecule has 0 aromatic rings. The molecule has 0 saturated heterocycles. The molecule has 0 aliphatic rings. The maximum absolute atomic E-state index is 0. The van der Waals surface area contributed by atoms with E-state index in [1.807, 2.05) is 0 Å². The predicted molar refractivity (Wildman–Crippen MR) is 0 cm³/mol. The fraction of sp³-hybridized carbons (Fsp3) is 0. The van der Waals surface area contributed by atoms with E-state index >= 15 is 0 Å². The summed E-state index contributed by atoms with van der Waals surface area (Å²) < 4.78 is 0. The van der Waals surface area contributed by atoms with Crippen LogP contribution in [0, 0.1) is 38.6 Å². The molecule has 0 amide bonds. The topological polar surface area (TPSA) is 0 Å². The molecule has 0 bridgehead atoms. The van der Waals surface area contributed by atoms with E-state index in [1.54, 1.807) is 0 Å². The van der Waals surface area contributed by atoms with Crippen molar-refractivity contribution in [1.29, 1.82) is 0 Å². The summed E-state index contributed by atoms with van der Waals surface area (Å²) >= 11 is 0. The van der Waals surface area contributed by atoms with Crippen LogP contribution in [-0.4, -0.2) is 0 Å². The fourth-order valence-corrected chi connectivity index (χ4v) is 0. The molecule has 0 N–H and O–H groups in total. The SMILES string of the molecule is [Fe].[Fe].[Fe].[Tb]. The van der Waals surface area contributed by atoms with Gasteiger partial charge in [-0.2, -0.15) is 0 Å². The van der Waals surface area contributed by atoms with Crippen molar-refractivity contribution in [3.8, 4) is 0 Å². The monoisotopic (exact) mass is 327 g/mol. The van der Waals surface area contributed by atoms with Gasteiger partial charge in [-0.3, -0.25) is 0 Å². The van der Waals surface area contributed by atoms with E-state index in [0.717, 1.165) is 0 Å². The third-order valence-corrected chi connectivity index (χ3v) is 0. The summed E-state index contributed by atoms with van der Waals surface area (Å²) in [6.45, 7) is 0. The predicted octanol–water partition coefficient (Wildman–Crippen LogP) is -0.00750. The van der Waals surface area contributed by atoms with Crippen LogP contribution in [0.15, 0.2) is 0 Å². The van der Waals surface area contributed by atoms with Crippen molar-refractivity contribution in [3.05, 3.63) is 0 Å². The van der Waals surface area contributed by atoms with E-state index in [-0.39, 0.29) is 89.8 Å². The molecule has 0 unspecified atom stereocenters.